The molecular formula is C13H23ClF2N2O. The number of carbonyl (C=O) groups excluding carboxylic acids is 1. The Morgan fingerprint density at radius 3 is 2.47 bits per heavy atom. The standard InChI is InChI=1S/C13H22F2N2O.ClH/c1-16-11-3-2-8-17(9-11)12(18)10-4-6-13(14,15)7-5-10;/h10-11,16H,2-9H2,1H3;1H. The van der Waals surface area contributed by atoms with Crippen LogP contribution in [0.3, 0.4) is 0 Å². The summed E-state index contributed by atoms with van der Waals surface area (Å²) < 4.78 is 26.1. The largest absolute Gasteiger partial charge is 0.341 e. The van der Waals surface area contributed by atoms with E-state index in [1.807, 2.05) is 11.9 Å². The van der Waals surface area contributed by atoms with Crippen LogP contribution < -0.4 is 5.32 Å². The molecule has 1 heterocycles. The van der Waals surface area contributed by atoms with E-state index in [1.165, 1.54) is 0 Å². The lowest BCUT2D eigenvalue weighted by molar-refractivity contribution is -0.141. The highest BCUT2D eigenvalue weighted by Gasteiger charge is 2.39. The van der Waals surface area contributed by atoms with Crippen molar-refractivity contribution in [3.63, 3.8) is 0 Å². The Labute approximate surface area is 119 Å². The van der Waals surface area contributed by atoms with Crippen molar-refractivity contribution in [2.75, 3.05) is 20.1 Å². The average Bonchev–Trinajstić information content (AvgIpc) is 2.38. The Morgan fingerprint density at radius 1 is 1.26 bits per heavy atom. The molecule has 6 heteroatoms. The predicted molar refractivity (Wildman–Crippen MR) is 72.8 cm³/mol. The lowest BCUT2D eigenvalue weighted by Crippen LogP contribution is -2.49. The summed E-state index contributed by atoms with van der Waals surface area (Å²) in [4.78, 5) is 14.1. The summed E-state index contributed by atoms with van der Waals surface area (Å²) in [5.41, 5.74) is 0. The van der Waals surface area contributed by atoms with Gasteiger partial charge < -0.3 is 10.2 Å². The summed E-state index contributed by atoms with van der Waals surface area (Å²) in [5, 5.41) is 3.19. The number of amides is 1. The molecule has 1 saturated carbocycles. The molecule has 112 valence electrons. The zero-order valence-corrected chi connectivity index (χ0v) is 12.1. The Hall–Kier alpha value is -0.420. The number of hydrogen-bond acceptors (Lipinski definition) is 2. The summed E-state index contributed by atoms with van der Waals surface area (Å²) in [6.45, 7) is 1.51. The summed E-state index contributed by atoms with van der Waals surface area (Å²) in [6.07, 6.45) is 2.50. The summed E-state index contributed by atoms with van der Waals surface area (Å²) in [7, 11) is 1.90. The molecule has 2 rings (SSSR count). The highest BCUT2D eigenvalue weighted by molar-refractivity contribution is 5.85. The van der Waals surface area contributed by atoms with Crippen molar-refractivity contribution in [3.8, 4) is 0 Å². The van der Waals surface area contributed by atoms with Crippen molar-refractivity contribution in [2.24, 2.45) is 5.92 Å². The fourth-order valence-electron chi connectivity index (χ4n) is 2.96. The summed E-state index contributed by atoms with van der Waals surface area (Å²) in [6, 6.07) is 0.354. The zero-order chi connectivity index (χ0) is 13.2. The molecule has 1 aliphatic heterocycles. The van der Waals surface area contributed by atoms with Crippen molar-refractivity contribution in [2.45, 2.75) is 50.5 Å². The molecule has 1 atom stereocenters. The van der Waals surface area contributed by atoms with Gasteiger partial charge in [0, 0.05) is 37.9 Å². The van der Waals surface area contributed by atoms with Gasteiger partial charge in [-0.2, -0.15) is 0 Å². The van der Waals surface area contributed by atoms with Gasteiger partial charge in [0.05, 0.1) is 0 Å². The van der Waals surface area contributed by atoms with Crippen LogP contribution in [-0.4, -0.2) is 42.9 Å². The predicted octanol–water partition coefficient (Wildman–Crippen LogP) is 2.44. The van der Waals surface area contributed by atoms with Crippen LogP contribution in [0, 0.1) is 5.92 Å². The number of hydrogen-bond donors (Lipinski definition) is 1. The smallest absolute Gasteiger partial charge is 0.248 e. The molecule has 1 amide bonds. The highest BCUT2D eigenvalue weighted by Crippen LogP contribution is 2.37. The molecule has 1 N–H and O–H groups in total. The SMILES string of the molecule is CNC1CCCN(C(=O)C2CCC(F)(F)CC2)C1.Cl. The molecule has 19 heavy (non-hydrogen) atoms. The van der Waals surface area contributed by atoms with Crippen LogP contribution in [0.5, 0.6) is 0 Å². The zero-order valence-electron chi connectivity index (χ0n) is 11.3. The van der Waals surface area contributed by atoms with Gasteiger partial charge in [0.15, 0.2) is 0 Å². The van der Waals surface area contributed by atoms with Gasteiger partial charge in [0.2, 0.25) is 11.8 Å². The molecule has 0 aromatic carbocycles. The number of nitrogens with zero attached hydrogens (tertiary/aromatic N) is 1. The van der Waals surface area contributed by atoms with E-state index in [9.17, 15) is 13.6 Å². The Bertz CT molecular complexity index is 305. The van der Waals surface area contributed by atoms with Crippen LogP contribution in [0.2, 0.25) is 0 Å². The molecule has 0 bridgehead atoms. The second-order valence-electron chi connectivity index (χ2n) is 5.54. The van der Waals surface area contributed by atoms with Crippen LogP contribution in [0.25, 0.3) is 0 Å². The minimum Gasteiger partial charge on any atom is -0.341 e. The number of carbonyl (C=O) groups is 1. The Morgan fingerprint density at radius 2 is 1.89 bits per heavy atom. The van der Waals surface area contributed by atoms with E-state index in [2.05, 4.69) is 5.32 Å². The fourth-order valence-corrected chi connectivity index (χ4v) is 2.96. The molecular weight excluding hydrogens is 274 g/mol. The van der Waals surface area contributed by atoms with Crippen molar-refractivity contribution in [1.29, 1.82) is 0 Å². The van der Waals surface area contributed by atoms with Gasteiger partial charge in [-0.3, -0.25) is 4.79 Å². The molecule has 0 aromatic rings. The van der Waals surface area contributed by atoms with Crippen molar-refractivity contribution < 1.29 is 13.6 Å². The van der Waals surface area contributed by atoms with Crippen LogP contribution in [0.1, 0.15) is 38.5 Å². The molecule has 1 saturated heterocycles. The number of nitrogens with one attached hydrogen (secondary N) is 1. The maximum atomic E-state index is 13.1. The number of rotatable bonds is 2. The minimum absolute atomic E-state index is 0. The third-order valence-corrected chi connectivity index (χ3v) is 4.21. The molecule has 0 radical (unpaired) electrons. The quantitative estimate of drug-likeness (QED) is 0.849. The number of alkyl halides is 2. The molecule has 0 aromatic heterocycles. The van der Waals surface area contributed by atoms with E-state index in [0.717, 1.165) is 25.9 Å². The van der Waals surface area contributed by atoms with Gasteiger partial charge in [0.25, 0.3) is 0 Å². The normalized spacial score (nSPS) is 27.7. The lowest BCUT2D eigenvalue weighted by atomic mass is 9.85. The molecule has 0 spiro atoms. The maximum Gasteiger partial charge on any atom is 0.248 e. The van der Waals surface area contributed by atoms with E-state index in [1.54, 1.807) is 0 Å². The second-order valence-corrected chi connectivity index (χ2v) is 5.54. The van der Waals surface area contributed by atoms with E-state index >= 15 is 0 Å². The lowest BCUT2D eigenvalue weighted by Gasteiger charge is -2.36. The van der Waals surface area contributed by atoms with E-state index in [4.69, 9.17) is 0 Å². The second kappa shape index (κ2) is 6.84. The van der Waals surface area contributed by atoms with E-state index < -0.39 is 5.92 Å². The monoisotopic (exact) mass is 296 g/mol. The van der Waals surface area contributed by atoms with Crippen LogP contribution in [-0.2, 0) is 4.79 Å². The first kappa shape index (κ1) is 16.6. The average molecular weight is 297 g/mol. The molecule has 2 aliphatic rings. The number of likely N-dealkylation sites (N-methyl/N-ethyl adjacent to an activating group) is 1. The van der Waals surface area contributed by atoms with Gasteiger partial charge >= 0.3 is 0 Å². The van der Waals surface area contributed by atoms with Crippen molar-refractivity contribution in [3.05, 3.63) is 0 Å². The summed E-state index contributed by atoms with van der Waals surface area (Å²) in [5.74, 6) is -2.64. The van der Waals surface area contributed by atoms with E-state index in [-0.39, 0.29) is 37.1 Å². The Kier molecular flexibility index (Phi) is 5.99. The van der Waals surface area contributed by atoms with Gasteiger partial charge in [-0.25, -0.2) is 8.78 Å². The molecule has 1 aliphatic carbocycles. The van der Waals surface area contributed by atoms with Gasteiger partial charge in [-0.05, 0) is 32.7 Å². The van der Waals surface area contributed by atoms with Crippen molar-refractivity contribution in [1.82, 2.24) is 10.2 Å². The molecule has 2 fully saturated rings. The first-order chi connectivity index (χ1) is 8.52. The summed E-state index contributed by atoms with van der Waals surface area (Å²) >= 11 is 0. The number of halogens is 3. The fraction of sp³-hybridized carbons (Fsp3) is 0.923. The minimum atomic E-state index is -2.55. The maximum absolute atomic E-state index is 13.1. The third kappa shape index (κ3) is 4.28. The highest BCUT2D eigenvalue weighted by atomic mass is 35.5. The third-order valence-electron chi connectivity index (χ3n) is 4.21. The molecule has 3 nitrogen and oxygen atoms in total. The van der Waals surface area contributed by atoms with Gasteiger partial charge in [-0.15, -0.1) is 12.4 Å². The molecule has 1 unspecified atom stereocenters. The van der Waals surface area contributed by atoms with Crippen LogP contribution in [0.15, 0.2) is 0 Å². The van der Waals surface area contributed by atoms with Gasteiger partial charge in [0.1, 0.15) is 0 Å². The first-order valence-corrected chi connectivity index (χ1v) is 6.86. The topological polar surface area (TPSA) is 32.3 Å². The Balaban J connectivity index is 0.00000180. The number of likely N-dealkylation sites (tertiary alicyclic amines) is 1. The van der Waals surface area contributed by atoms with Gasteiger partial charge in [-0.1, -0.05) is 0 Å². The first-order valence-electron chi connectivity index (χ1n) is 6.86. The van der Waals surface area contributed by atoms with Crippen LogP contribution >= 0.6 is 12.4 Å². The van der Waals surface area contributed by atoms with Crippen molar-refractivity contribution >= 4 is 18.3 Å². The number of piperidine rings is 1. The van der Waals surface area contributed by atoms with Crippen LogP contribution in [0.4, 0.5) is 8.78 Å². The van der Waals surface area contributed by atoms with E-state index in [0.29, 0.717) is 18.9 Å².